The Balaban J connectivity index is 2.57. The number of hydrogen-bond donors (Lipinski definition) is 1. The van der Waals surface area contributed by atoms with Crippen LogP contribution in [0.15, 0.2) is 0 Å². The molecule has 1 atom stereocenters. The first-order valence-corrected chi connectivity index (χ1v) is 5.77. The Labute approximate surface area is 100 Å². The molecular weight excluding hydrogens is 224 g/mol. The summed E-state index contributed by atoms with van der Waals surface area (Å²) in [5, 5.41) is 2.28. The van der Waals surface area contributed by atoms with Crippen molar-refractivity contribution in [2.45, 2.75) is 19.8 Å². The van der Waals surface area contributed by atoms with E-state index in [-0.39, 0.29) is 18.4 Å². The van der Waals surface area contributed by atoms with E-state index in [1.807, 2.05) is 0 Å². The van der Waals surface area contributed by atoms with Crippen LogP contribution in [-0.4, -0.2) is 49.4 Å². The lowest BCUT2D eigenvalue weighted by atomic mass is 9.98. The summed E-state index contributed by atoms with van der Waals surface area (Å²) in [4.78, 5) is 35.8. The molecule has 1 unspecified atom stereocenters. The maximum absolute atomic E-state index is 11.6. The second kappa shape index (κ2) is 6.22. The number of likely N-dealkylation sites (N-methyl/N-ethyl adjacent to an activating group) is 1. The number of esters is 1. The Morgan fingerprint density at radius 2 is 2.12 bits per heavy atom. The Hall–Kier alpha value is -1.59. The van der Waals surface area contributed by atoms with Crippen LogP contribution in [0, 0.1) is 5.92 Å². The molecule has 0 spiro atoms. The number of nitrogens with one attached hydrogen (secondary N) is 1. The van der Waals surface area contributed by atoms with Gasteiger partial charge in [-0.15, -0.1) is 0 Å². The van der Waals surface area contributed by atoms with Crippen LogP contribution < -0.4 is 5.32 Å². The number of rotatable bonds is 2. The number of nitrogens with zero attached hydrogens (tertiary/aromatic N) is 1. The molecule has 1 fully saturated rings. The zero-order valence-corrected chi connectivity index (χ0v) is 10.2. The molecule has 0 aliphatic carbocycles. The molecule has 1 N–H and O–H groups in total. The third-order valence-corrected chi connectivity index (χ3v) is 2.75. The van der Waals surface area contributed by atoms with Crippen molar-refractivity contribution in [3.63, 3.8) is 0 Å². The zero-order chi connectivity index (χ0) is 12.8. The Bertz CT molecular complexity index is 317. The standard InChI is InChI=1S/C11H18N2O4/c1-3-17-11(16)8-5-4-6-13(7-8)10(15)9(14)12-2/h8H,3-7H2,1-2H3,(H,12,14). The van der Waals surface area contributed by atoms with Crippen molar-refractivity contribution >= 4 is 17.8 Å². The second-order valence-electron chi connectivity index (χ2n) is 3.92. The van der Waals surface area contributed by atoms with Crippen molar-refractivity contribution in [1.29, 1.82) is 0 Å². The quantitative estimate of drug-likeness (QED) is 0.525. The zero-order valence-electron chi connectivity index (χ0n) is 10.2. The van der Waals surface area contributed by atoms with Crippen LogP contribution in [0.3, 0.4) is 0 Å². The van der Waals surface area contributed by atoms with Gasteiger partial charge in [-0.2, -0.15) is 0 Å². The molecule has 1 saturated heterocycles. The summed E-state index contributed by atoms with van der Waals surface area (Å²) in [6.07, 6.45) is 1.42. The van der Waals surface area contributed by atoms with Gasteiger partial charge in [-0.25, -0.2) is 0 Å². The molecule has 96 valence electrons. The molecule has 0 aromatic carbocycles. The van der Waals surface area contributed by atoms with E-state index in [0.717, 1.165) is 0 Å². The fourth-order valence-corrected chi connectivity index (χ4v) is 1.86. The highest BCUT2D eigenvalue weighted by atomic mass is 16.5. The molecule has 6 heteroatoms. The van der Waals surface area contributed by atoms with Crippen molar-refractivity contribution in [2.75, 3.05) is 26.7 Å². The summed E-state index contributed by atoms with van der Waals surface area (Å²) in [6.45, 7) is 2.86. The fourth-order valence-electron chi connectivity index (χ4n) is 1.86. The molecule has 6 nitrogen and oxygen atoms in total. The molecule has 0 aromatic heterocycles. The molecule has 0 aromatic rings. The van der Waals surface area contributed by atoms with E-state index < -0.39 is 11.8 Å². The number of carbonyl (C=O) groups is 3. The predicted molar refractivity (Wildman–Crippen MR) is 60.0 cm³/mol. The third kappa shape index (κ3) is 3.44. The van der Waals surface area contributed by atoms with E-state index in [1.54, 1.807) is 6.92 Å². The van der Waals surface area contributed by atoms with Crippen LogP contribution >= 0.6 is 0 Å². The molecule has 2 amide bonds. The van der Waals surface area contributed by atoms with Crippen LogP contribution in [0.2, 0.25) is 0 Å². The lowest BCUT2D eigenvalue weighted by molar-refractivity contribution is -0.153. The molecular formula is C11H18N2O4. The van der Waals surface area contributed by atoms with Crippen LogP contribution in [-0.2, 0) is 19.1 Å². The van der Waals surface area contributed by atoms with Crippen LogP contribution in [0.25, 0.3) is 0 Å². The molecule has 1 rings (SSSR count). The summed E-state index contributed by atoms with van der Waals surface area (Å²) in [7, 11) is 1.41. The van der Waals surface area contributed by atoms with E-state index in [4.69, 9.17) is 4.74 Å². The van der Waals surface area contributed by atoms with E-state index in [2.05, 4.69) is 5.32 Å². The molecule has 0 bridgehead atoms. The van der Waals surface area contributed by atoms with Gasteiger partial charge in [0.2, 0.25) is 0 Å². The van der Waals surface area contributed by atoms with Crippen molar-refractivity contribution in [3.05, 3.63) is 0 Å². The van der Waals surface area contributed by atoms with E-state index >= 15 is 0 Å². The average molecular weight is 242 g/mol. The number of ether oxygens (including phenoxy) is 1. The Kier molecular flexibility index (Phi) is 4.93. The minimum atomic E-state index is -0.644. The van der Waals surface area contributed by atoms with Gasteiger partial charge in [0.1, 0.15) is 0 Å². The lowest BCUT2D eigenvalue weighted by Crippen LogP contribution is -2.48. The van der Waals surface area contributed by atoms with E-state index in [1.165, 1.54) is 11.9 Å². The number of likely N-dealkylation sites (tertiary alicyclic amines) is 1. The third-order valence-electron chi connectivity index (χ3n) is 2.75. The summed E-state index contributed by atoms with van der Waals surface area (Å²) in [5.41, 5.74) is 0. The molecule has 0 radical (unpaired) electrons. The largest absolute Gasteiger partial charge is 0.466 e. The fraction of sp³-hybridized carbons (Fsp3) is 0.727. The predicted octanol–water partition coefficient (Wildman–Crippen LogP) is -0.466. The first-order valence-electron chi connectivity index (χ1n) is 5.77. The number of hydrogen-bond acceptors (Lipinski definition) is 4. The Morgan fingerprint density at radius 1 is 1.41 bits per heavy atom. The van der Waals surface area contributed by atoms with Gasteiger partial charge in [-0.05, 0) is 19.8 Å². The van der Waals surface area contributed by atoms with Gasteiger partial charge in [0, 0.05) is 20.1 Å². The minimum absolute atomic E-state index is 0.269. The molecule has 1 heterocycles. The van der Waals surface area contributed by atoms with Gasteiger partial charge in [-0.1, -0.05) is 0 Å². The maximum atomic E-state index is 11.6. The first-order chi connectivity index (χ1) is 8.10. The van der Waals surface area contributed by atoms with Gasteiger partial charge >= 0.3 is 17.8 Å². The topological polar surface area (TPSA) is 75.7 Å². The maximum Gasteiger partial charge on any atom is 0.311 e. The lowest BCUT2D eigenvalue weighted by Gasteiger charge is -2.30. The molecule has 1 aliphatic heterocycles. The summed E-state index contributed by atoms with van der Waals surface area (Å²) >= 11 is 0. The Morgan fingerprint density at radius 3 is 2.71 bits per heavy atom. The number of carbonyl (C=O) groups excluding carboxylic acids is 3. The van der Waals surface area contributed by atoms with E-state index in [9.17, 15) is 14.4 Å². The summed E-state index contributed by atoms with van der Waals surface area (Å²) in [6, 6.07) is 0. The molecule has 17 heavy (non-hydrogen) atoms. The highest BCUT2D eigenvalue weighted by Gasteiger charge is 2.31. The highest BCUT2D eigenvalue weighted by molar-refractivity contribution is 6.34. The highest BCUT2D eigenvalue weighted by Crippen LogP contribution is 2.17. The average Bonchev–Trinajstić information content (AvgIpc) is 2.37. The van der Waals surface area contributed by atoms with Gasteiger partial charge in [-0.3, -0.25) is 14.4 Å². The number of amides is 2. The van der Waals surface area contributed by atoms with E-state index in [0.29, 0.717) is 26.0 Å². The monoisotopic (exact) mass is 242 g/mol. The van der Waals surface area contributed by atoms with Crippen molar-refractivity contribution in [1.82, 2.24) is 10.2 Å². The number of piperidine rings is 1. The second-order valence-corrected chi connectivity index (χ2v) is 3.92. The van der Waals surface area contributed by atoms with Gasteiger partial charge < -0.3 is 15.0 Å². The molecule has 0 saturated carbocycles. The van der Waals surface area contributed by atoms with Crippen LogP contribution in [0.5, 0.6) is 0 Å². The van der Waals surface area contributed by atoms with Crippen molar-refractivity contribution < 1.29 is 19.1 Å². The van der Waals surface area contributed by atoms with Crippen molar-refractivity contribution in [3.8, 4) is 0 Å². The normalized spacial score (nSPS) is 19.6. The smallest absolute Gasteiger partial charge is 0.311 e. The van der Waals surface area contributed by atoms with Gasteiger partial charge in [0.25, 0.3) is 0 Å². The van der Waals surface area contributed by atoms with Crippen LogP contribution in [0.4, 0.5) is 0 Å². The minimum Gasteiger partial charge on any atom is -0.466 e. The summed E-state index contributed by atoms with van der Waals surface area (Å²) < 4.78 is 4.92. The summed E-state index contributed by atoms with van der Waals surface area (Å²) in [5.74, 6) is -1.82. The molecule has 1 aliphatic rings. The SMILES string of the molecule is CCOC(=O)C1CCCN(C(=O)C(=O)NC)C1. The van der Waals surface area contributed by atoms with Crippen molar-refractivity contribution in [2.24, 2.45) is 5.92 Å². The van der Waals surface area contributed by atoms with Crippen LogP contribution in [0.1, 0.15) is 19.8 Å². The van der Waals surface area contributed by atoms with Gasteiger partial charge in [0.05, 0.1) is 12.5 Å². The van der Waals surface area contributed by atoms with Gasteiger partial charge in [0.15, 0.2) is 0 Å². The first kappa shape index (κ1) is 13.5.